The maximum absolute atomic E-state index is 13.9. The highest BCUT2D eigenvalue weighted by atomic mass is 19.4. The third-order valence-corrected chi connectivity index (χ3v) is 5.57. The Balaban J connectivity index is 1.75. The van der Waals surface area contributed by atoms with Gasteiger partial charge in [0.1, 0.15) is 5.69 Å². The quantitative estimate of drug-likeness (QED) is 0.680. The van der Waals surface area contributed by atoms with Crippen molar-refractivity contribution >= 4 is 11.9 Å². The molecule has 32 heavy (non-hydrogen) atoms. The second-order valence-electron chi connectivity index (χ2n) is 8.02. The molecule has 4 rings (SSSR count). The minimum atomic E-state index is -4.78. The predicted octanol–water partition coefficient (Wildman–Crippen LogP) is 4.11. The molecule has 0 spiro atoms. The van der Waals surface area contributed by atoms with Crippen molar-refractivity contribution in [2.75, 3.05) is 10.6 Å². The van der Waals surface area contributed by atoms with E-state index in [0.717, 1.165) is 6.20 Å². The molecule has 7 nitrogen and oxygen atoms in total. The highest BCUT2D eigenvalue weighted by molar-refractivity contribution is 5.53. The van der Waals surface area contributed by atoms with E-state index in [1.807, 2.05) is 0 Å². The van der Waals surface area contributed by atoms with E-state index in [1.165, 1.54) is 4.90 Å². The number of alkyl halides is 7. The zero-order valence-corrected chi connectivity index (χ0v) is 16.5. The summed E-state index contributed by atoms with van der Waals surface area (Å²) in [6, 6.07) is -1.68. The van der Waals surface area contributed by atoms with Gasteiger partial charge in [0.25, 0.3) is 0 Å². The molecule has 2 fully saturated rings. The van der Waals surface area contributed by atoms with E-state index in [1.54, 1.807) is 0 Å². The molecule has 2 saturated carbocycles. The van der Waals surface area contributed by atoms with Crippen molar-refractivity contribution in [2.24, 2.45) is 0 Å². The van der Waals surface area contributed by atoms with Crippen LogP contribution >= 0.6 is 0 Å². The first kappa shape index (κ1) is 22.4. The molecule has 2 heterocycles. The molecule has 0 aliphatic heterocycles. The molecule has 2 aliphatic carbocycles. The van der Waals surface area contributed by atoms with Gasteiger partial charge in [-0.1, -0.05) is 0 Å². The molecule has 0 radical (unpaired) electrons. The second-order valence-corrected chi connectivity index (χ2v) is 8.02. The Hall–Kier alpha value is -2.80. The maximum Gasteiger partial charge on any atom is 0.434 e. The molecule has 2 aliphatic rings. The van der Waals surface area contributed by atoms with Crippen LogP contribution in [0.5, 0.6) is 0 Å². The first-order chi connectivity index (χ1) is 14.8. The summed E-state index contributed by atoms with van der Waals surface area (Å²) in [4.78, 5) is 20.0. The fourth-order valence-electron chi connectivity index (χ4n) is 4.17. The first-order valence-electron chi connectivity index (χ1n) is 9.78. The zero-order chi connectivity index (χ0) is 23.3. The molecule has 0 amide bonds. The van der Waals surface area contributed by atoms with Crippen LogP contribution in [0.4, 0.5) is 42.6 Å². The Bertz CT molecular complexity index is 972. The minimum absolute atomic E-state index is 0.0133. The molecule has 0 saturated heterocycles. The number of rotatable bonds is 4. The smallest absolute Gasteiger partial charge is 0.368 e. The van der Waals surface area contributed by atoms with Gasteiger partial charge in [0.15, 0.2) is 11.5 Å². The van der Waals surface area contributed by atoms with E-state index in [2.05, 4.69) is 24.9 Å². The van der Waals surface area contributed by atoms with Gasteiger partial charge in [-0.2, -0.15) is 28.1 Å². The van der Waals surface area contributed by atoms with Crippen molar-refractivity contribution in [3.63, 3.8) is 0 Å². The van der Waals surface area contributed by atoms with Gasteiger partial charge < -0.3 is 10.6 Å². The Labute approximate surface area is 177 Å². The number of hydrogen-bond donors (Lipinski definition) is 1. The van der Waals surface area contributed by atoms with Gasteiger partial charge in [0.2, 0.25) is 23.7 Å². The number of aromatic nitrogens is 5. The van der Waals surface area contributed by atoms with E-state index in [9.17, 15) is 30.7 Å². The van der Waals surface area contributed by atoms with Crippen LogP contribution in [0.2, 0.25) is 0 Å². The topological polar surface area (TPSA) is 93.7 Å². The summed E-state index contributed by atoms with van der Waals surface area (Å²) in [7, 11) is 0. The third kappa shape index (κ3) is 4.67. The highest BCUT2D eigenvalue weighted by Crippen LogP contribution is 2.44. The van der Waals surface area contributed by atoms with Gasteiger partial charge in [0.05, 0.1) is 12.4 Å². The summed E-state index contributed by atoms with van der Waals surface area (Å²) in [5.74, 6) is -6.98. The first-order valence-corrected chi connectivity index (χ1v) is 9.78. The summed E-state index contributed by atoms with van der Waals surface area (Å²) in [6.07, 6.45) is -5.28. The normalized spacial score (nSPS) is 24.6. The summed E-state index contributed by atoms with van der Waals surface area (Å²) in [5.41, 5.74) is 4.04. The molecule has 2 atom stereocenters. The Morgan fingerprint density at radius 3 is 1.97 bits per heavy atom. The van der Waals surface area contributed by atoms with Crippen LogP contribution in [0.1, 0.15) is 44.2 Å². The lowest BCUT2D eigenvalue weighted by Crippen LogP contribution is -2.43. The predicted molar refractivity (Wildman–Crippen MR) is 97.9 cm³/mol. The van der Waals surface area contributed by atoms with Gasteiger partial charge >= 0.3 is 6.18 Å². The fourth-order valence-corrected chi connectivity index (χ4v) is 4.17. The van der Waals surface area contributed by atoms with Crippen LogP contribution in [0.25, 0.3) is 11.5 Å². The van der Waals surface area contributed by atoms with Crippen LogP contribution in [0, 0.1) is 0 Å². The Kier molecular flexibility index (Phi) is 5.36. The lowest BCUT2D eigenvalue weighted by atomic mass is 10.1. The average Bonchev–Trinajstić information content (AvgIpc) is 3.22. The summed E-state index contributed by atoms with van der Waals surface area (Å²) in [6.45, 7) is 0. The maximum atomic E-state index is 13.9. The monoisotopic (exact) mass is 465 g/mol. The summed E-state index contributed by atoms with van der Waals surface area (Å²) in [5, 5.41) is 0. The molecule has 2 N–H and O–H groups in total. The minimum Gasteiger partial charge on any atom is -0.368 e. The standard InChI is InChI=1S/C18H18F7N7/c19-16(20)3-1-9(5-16)32(10-2-4-17(21,22)6-10)15-30-13(29-14(26)31-15)11-7-27-8-12(28-11)18(23,24)25/h7-10H,1-6H2,(H2,26,29,30,31)/t9-,10-/m0/s1. The van der Waals surface area contributed by atoms with Crippen LogP contribution in [0.15, 0.2) is 12.4 Å². The number of nitrogens with zero attached hydrogens (tertiary/aromatic N) is 6. The molecule has 174 valence electrons. The molecule has 2 aromatic heterocycles. The highest BCUT2D eigenvalue weighted by Gasteiger charge is 2.49. The largest absolute Gasteiger partial charge is 0.434 e. The third-order valence-electron chi connectivity index (χ3n) is 5.57. The van der Waals surface area contributed by atoms with Crippen LogP contribution in [0.3, 0.4) is 0 Å². The average molecular weight is 465 g/mol. The molecular formula is C18H18F7N7. The molecule has 0 aromatic carbocycles. The number of halogens is 7. The van der Waals surface area contributed by atoms with E-state index in [0.29, 0.717) is 6.20 Å². The van der Waals surface area contributed by atoms with E-state index in [-0.39, 0.29) is 30.3 Å². The lowest BCUT2D eigenvalue weighted by Gasteiger charge is -2.34. The van der Waals surface area contributed by atoms with Crippen LogP contribution in [-0.4, -0.2) is 48.8 Å². The van der Waals surface area contributed by atoms with Gasteiger partial charge in [-0.15, -0.1) is 0 Å². The van der Waals surface area contributed by atoms with E-state index >= 15 is 0 Å². The molecular weight excluding hydrogens is 447 g/mol. The lowest BCUT2D eigenvalue weighted by molar-refractivity contribution is -0.141. The van der Waals surface area contributed by atoms with Gasteiger partial charge in [-0.05, 0) is 12.8 Å². The summed E-state index contributed by atoms with van der Waals surface area (Å²) < 4.78 is 94.6. The van der Waals surface area contributed by atoms with Crippen LogP contribution in [-0.2, 0) is 6.18 Å². The van der Waals surface area contributed by atoms with Gasteiger partial charge in [0, 0.05) is 37.8 Å². The molecule has 14 heteroatoms. The molecule has 0 unspecified atom stereocenters. The molecule has 0 bridgehead atoms. The van der Waals surface area contributed by atoms with Gasteiger partial charge in [-0.3, -0.25) is 4.98 Å². The van der Waals surface area contributed by atoms with Crippen molar-refractivity contribution in [3.05, 3.63) is 18.1 Å². The van der Waals surface area contributed by atoms with E-state index in [4.69, 9.17) is 5.73 Å². The van der Waals surface area contributed by atoms with Crippen LogP contribution < -0.4 is 10.6 Å². The van der Waals surface area contributed by atoms with Crippen molar-refractivity contribution in [2.45, 2.75) is 68.6 Å². The zero-order valence-electron chi connectivity index (χ0n) is 16.5. The SMILES string of the molecule is Nc1nc(-c2cncc(C(F)(F)F)n2)nc(N([C@H]2CCC(F)(F)C2)[C@H]2CCC(F)(F)C2)n1. The molecule has 2 aromatic rings. The van der Waals surface area contributed by atoms with Crippen molar-refractivity contribution in [1.82, 2.24) is 24.9 Å². The number of hydrogen-bond acceptors (Lipinski definition) is 7. The summed E-state index contributed by atoms with van der Waals surface area (Å²) >= 11 is 0. The number of anilines is 2. The van der Waals surface area contributed by atoms with Crippen molar-refractivity contribution in [1.29, 1.82) is 0 Å². The number of nitrogens with two attached hydrogens (primary N) is 1. The Morgan fingerprint density at radius 1 is 0.875 bits per heavy atom. The number of nitrogen functional groups attached to an aromatic ring is 1. The van der Waals surface area contributed by atoms with Crippen molar-refractivity contribution in [3.8, 4) is 11.5 Å². The van der Waals surface area contributed by atoms with Crippen molar-refractivity contribution < 1.29 is 30.7 Å². The van der Waals surface area contributed by atoms with Gasteiger partial charge in [-0.25, -0.2) is 22.5 Å². The van der Waals surface area contributed by atoms with E-state index < -0.39 is 67.4 Å². The fraction of sp³-hybridized carbons (Fsp3) is 0.611. The Morgan fingerprint density at radius 2 is 1.47 bits per heavy atom. The second kappa shape index (κ2) is 7.66.